The lowest BCUT2D eigenvalue weighted by Gasteiger charge is -2.28. The zero-order chi connectivity index (χ0) is 15.8. The first-order valence-corrected chi connectivity index (χ1v) is 7.83. The summed E-state index contributed by atoms with van der Waals surface area (Å²) in [5.41, 5.74) is 4.13. The molecule has 1 aliphatic heterocycles. The summed E-state index contributed by atoms with van der Waals surface area (Å²) < 4.78 is 0. The van der Waals surface area contributed by atoms with Gasteiger partial charge in [-0.2, -0.15) is 0 Å². The van der Waals surface area contributed by atoms with Crippen molar-refractivity contribution in [2.75, 3.05) is 0 Å². The minimum absolute atomic E-state index is 0.00374. The summed E-state index contributed by atoms with van der Waals surface area (Å²) in [5, 5.41) is 2.95. The fourth-order valence-corrected chi connectivity index (χ4v) is 3.42. The molecule has 4 rings (SSSR count). The van der Waals surface area contributed by atoms with Gasteiger partial charge in [0, 0.05) is 22.8 Å². The van der Waals surface area contributed by atoms with Gasteiger partial charge in [0.2, 0.25) is 0 Å². The van der Waals surface area contributed by atoms with Gasteiger partial charge in [-0.15, -0.1) is 0 Å². The third kappa shape index (κ3) is 2.46. The molecule has 114 valence electrons. The van der Waals surface area contributed by atoms with Crippen molar-refractivity contribution in [3.63, 3.8) is 0 Å². The molecule has 1 aromatic rings. The molecule has 4 heteroatoms. The molecule has 0 radical (unpaired) electrons. The lowest BCUT2D eigenvalue weighted by atomic mass is 9.85. The number of carbonyl (C=O) groups excluding carboxylic acids is 2. The first kappa shape index (κ1) is 13.9. The largest absolute Gasteiger partial charge is 0.325 e. The standard InChI is InChI=1S/C19H16N2O2/c22-18(12-5-2-1-3-6-12)20-13-9-10-15-14-7-4-8-16(14)19(23)21-17(15)11-13/h1-3,5-6,9-11,15H,4,7-8H2,(H,21,23). The Kier molecular flexibility index (Phi) is 3.30. The van der Waals surface area contributed by atoms with Crippen molar-refractivity contribution >= 4 is 17.5 Å². The van der Waals surface area contributed by atoms with Crippen LogP contribution in [0.1, 0.15) is 29.6 Å². The average molecular weight is 304 g/mol. The summed E-state index contributed by atoms with van der Waals surface area (Å²) in [6, 6.07) is 8.98. The Morgan fingerprint density at radius 3 is 2.83 bits per heavy atom. The maximum atomic E-state index is 12.2. The number of benzene rings is 1. The number of fused-ring (bicyclic) bond motifs is 2. The van der Waals surface area contributed by atoms with Gasteiger partial charge in [-0.05, 0) is 49.1 Å². The summed E-state index contributed by atoms with van der Waals surface area (Å²) in [4.78, 5) is 28.5. The molecule has 0 saturated carbocycles. The maximum Gasteiger partial charge on any atom is 0.277 e. The van der Waals surface area contributed by atoms with E-state index in [1.165, 1.54) is 5.57 Å². The highest BCUT2D eigenvalue weighted by atomic mass is 16.2. The normalized spacial score (nSPS) is 24.2. The van der Waals surface area contributed by atoms with Crippen LogP contribution in [0.3, 0.4) is 0 Å². The van der Waals surface area contributed by atoms with E-state index in [1.54, 1.807) is 12.1 Å². The zero-order valence-corrected chi connectivity index (χ0v) is 12.6. The van der Waals surface area contributed by atoms with Gasteiger partial charge in [-0.25, -0.2) is 4.99 Å². The van der Waals surface area contributed by atoms with Crippen molar-refractivity contribution in [3.05, 3.63) is 71.0 Å². The van der Waals surface area contributed by atoms with E-state index in [-0.39, 0.29) is 17.7 Å². The van der Waals surface area contributed by atoms with Crippen LogP contribution in [0.25, 0.3) is 0 Å². The van der Waals surface area contributed by atoms with Crippen LogP contribution in [0.2, 0.25) is 0 Å². The molecule has 2 amide bonds. The number of carbonyl (C=O) groups is 2. The molecule has 0 aromatic heterocycles. The Balaban J connectivity index is 1.63. The second kappa shape index (κ2) is 5.47. The monoisotopic (exact) mass is 304 g/mol. The number of allylic oxidation sites excluding steroid dienone is 3. The summed E-state index contributed by atoms with van der Waals surface area (Å²) >= 11 is 0. The Morgan fingerprint density at radius 2 is 2.00 bits per heavy atom. The molecule has 2 aliphatic carbocycles. The molecule has 1 unspecified atom stereocenters. The van der Waals surface area contributed by atoms with Gasteiger partial charge in [-0.1, -0.05) is 24.3 Å². The highest BCUT2D eigenvalue weighted by Gasteiger charge is 2.34. The molecule has 0 bridgehead atoms. The van der Waals surface area contributed by atoms with Crippen molar-refractivity contribution in [1.82, 2.24) is 5.32 Å². The van der Waals surface area contributed by atoms with Gasteiger partial charge in [0.05, 0.1) is 5.71 Å². The topological polar surface area (TPSA) is 58.5 Å². The van der Waals surface area contributed by atoms with Crippen molar-refractivity contribution in [3.8, 4) is 0 Å². The first-order chi connectivity index (χ1) is 11.2. The van der Waals surface area contributed by atoms with Gasteiger partial charge >= 0.3 is 0 Å². The number of amides is 2. The van der Waals surface area contributed by atoms with Gasteiger partial charge in [0.1, 0.15) is 0 Å². The third-order valence-corrected chi connectivity index (χ3v) is 4.52. The van der Waals surface area contributed by atoms with Crippen LogP contribution >= 0.6 is 0 Å². The minimum Gasteiger partial charge on any atom is -0.325 e. The molecule has 0 spiro atoms. The van der Waals surface area contributed by atoms with E-state index >= 15 is 0 Å². The van der Waals surface area contributed by atoms with E-state index in [0.29, 0.717) is 11.3 Å². The van der Waals surface area contributed by atoms with E-state index in [4.69, 9.17) is 0 Å². The van der Waals surface area contributed by atoms with E-state index in [2.05, 4.69) is 10.3 Å². The number of hydrogen-bond acceptors (Lipinski definition) is 2. The van der Waals surface area contributed by atoms with E-state index in [0.717, 1.165) is 30.5 Å². The quantitative estimate of drug-likeness (QED) is 0.867. The van der Waals surface area contributed by atoms with E-state index in [9.17, 15) is 9.59 Å². The Hall–Kier alpha value is -2.75. The summed E-state index contributed by atoms with van der Waals surface area (Å²) in [7, 11) is 0. The fraction of sp³-hybridized carbons (Fsp3) is 0.211. The molecule has 0 saturated heterocycles. The summed E-state index contributed by atoms with van der Waals surface area (Å²) in [6.45, 7) is 0. The number of nitrogens with zero attached hydrogens (tertiary/aromatic N) is 1. The molecule has 3 aliphatic rings. The molecule has 1 N–H and O–H groups in total. The van der Waals surface area contributed by atoms with Crippen LogP contribution in [0.5, 0.6) is 0 Å². The van der Waals surface area contributed by atoms with Gasteiger partial charge in [0.25, 0.3) is 11.8 Å². The highest BCUT2D eigenvalue weighted by Crippen LogP contribution is 2.39. The molecular weight excluding hydrogens is 288 g/mol. The smallest absolute Gasteiger partial charge is 0.277 e. The molecular formula is C19H16N2O2. The number of nitrogens with one attached hydrogen (secondary N) is 1. The lowest BCUT2D eigenvalue weighted by Crippen LogP contribution is -2.35. The van der Waals surface area contributed by atoms with E-state index < -0.39 is 0 Å². The third-order valence-electron chi connectivity index (χ3n) is 4.52. The first-order valence-electron chi connectivity index (χ1n) is 7.83. The lowest BCUT2D eigenvalue weighted by molar-refractivity contribution is -0.117. The second-order valence-corrected chi connectivity index (χ2v) is 5.96. The molecule has 4 nitrogen and oxygen atoms in total. The second-order valence-electron chi connectivity index (χ2n) is 5.96. The average Bonchev–Trinajstić information content (AvgIpc) is 3.06. The Morgan fingerprint density at radius 1 is 1.17 bits per heavy atom. The number of rotatable bonds is 1. The molecule has 1 aromatic carbocycles. The van der Waals surface area contributed by atoms with Crippen LogP contribution in [0.15, 0.2) is 70.4 Å². The van der Waals surface area contributed by atoms with Crippen LogP contribution in [0, 0.1) is 5.92 Å². The molecule has 1 heterocycles. The van der Waals surface area contributed by atoms with Crippen molar-refractivity contribution in [1.29, 1.82) is 0 Å². The molecule has 0 fully saturated rings. The number of hydrogen-bond donors (Lipinski definition) is 1. The Bertz CT molecular complexity index is 813. The predicted octanol–water partition coefficient (Wildman–Crippen LogP) is 2.95. The van der Waals surface area contributed by atoms with Crippen LogP contribution < -0.4 is 5.32 Å². The van der Waals surface area contributed by atoms with Crippen LogP contribution in [0.4, 0.5) is 0 Å². The summed E-state index contributed by atoms with van der Waals surface area (Å²) in [6.07, 6.45) is 8.60. The van der Waals surface area contributed by atoms with Crippen LogP contribution in [-0.4, -0.2) is 17.5 Å². The van der Waals surface area contributed by atoms with Crippen LogP contribution in [-0.2, 0) is 4.79 Å². The van der Waals surface area contributed by atoms with Crippen molar-refractivity contribution in [2.45, 2.75) is 19.3 Å². The van der Waals surface area contributed by atoms with Gasteiger partial charge in [0.15, 0.2) is 0 Å². The van der Waals surface area contributed by atoms with Gasteiger partial charge < -0.3 is 5.32 Å². The maximum absolute atomic E-state index is 12.2. The molecule has 23 heavy (non-hydrogen) atoms. The summed E-state index contributed by atoms with van der Waals surface area (Å²) in [5.74, 6) is -0.136. The van der Waals surface area contributed by atoms with Crippen molar-refractivity contribution < 1.29 is 9.59 Å². The zero-order valence-electron chi connectivity index (χ0n) is 12.6. The SMILES string of the molecule is O=C1NC2=CC(=NC(=O)c3ccccc3)C=CC2C2=C1CCC2. The molecule has 1 atom stereocenters. The van der Waals surface area contributed by atoms with E-state index in [1.807, 2.05) is 36.4 Å². The van der Waals surface area contributed by atoms with Crippen molar-refractivity contribution in [2.24, 2.45) is 10.9 Å². The fourth-order valence-electron chi connectivity index (χ4n) is 3.42. The van der Waals surface area contributed by atoms with Gasteiger partial charge in [-0.3, -0.25) is 9.59 Å². The minimum atomic E-state index is -0.275. The highest BCUT2D eigenvalue weighted by molar-refractivity contribution is 6.14. The number of aliphatic imine (C=N–C) groups is 1. The predicted molar refractivity (Wildman–Crippen MR) is 87.9 cm³/mol. The Labute approximate surface area is 134 Å².